The molecule has 0 unspecified atom stereocenters. The van der Waals surface area contributed by atoms with E-state index in [1.165, 1.54) is 18.2 Å². The standard InChI is InChI=1S/C15H21NO6S/c1-15(2,3)22-14(19)16-12(13(17)18)9-10-6-5-7-11(8-10)23(4,20)21/h5-8,12H,9H2,1-4H3,(H,16,19)(H,17,18)/t12-/m0/s1. The molecule has 1 aromatic rings. The van der Waals surface area contributed by atoms with Gasteiger partial charge in [0.1, 0.15) is 11.6 Å². The van der Waals surface area contributed by atoms with Crippen LogP contribution in [0.25, 0.3) is 0 Å². The van der Waals surface area contributed by atoms with Crippen LogP contribution in [-0.4, -0.2) is 43.5 Å². The molecular weight excluding hydrogens is 322 g/mol. The maximum atomic E-state index is 11.7. The van der Waals surface area contributed by atoms with E-state index in [1.807, 2.05) is 0 Å². The molecule has 1 amide bonds. The number of benzene rings is 1. The van der Waals surface area contributed by atoms with E-state index in [4.69, 9.17) is 4.74 Å². The Balaban J connectivity index is 2.89. The maximum absolute atomic E-state index is 11.7. The van der Waals surface area contributed by atoms with Crippen LogP contribution in [-0.2, 0) is 25.8 Å². The molecule has 8 heteroatoms. The van der Waals surface area contributed by atoms with Crippen LogP contribution in [0.1, 0.15) is 26.3 Å². The van der Waals surface area contributed by atoms with Gasteiger partial charge < -0.3 is 15.2 Å². The average Bonchev–Trinajstić information content (AvgIpc) is 2.35. The van der Waals surface area contributed by atoms with Crippen molar-refractivity contribution in [3.05, 3.63) is 29.8 Å². The molecule has 128 valence electrons. The lowest BCUT2D eigenvalue weighted by atomic mass is 10.1. The first-order valence-corrected chi connectivity index (χ1v) is 8.79. The Kier molecular flexibility index (Phi) is 5.76. The zero-order valence-electron chi connectivity index (χ0n) is 13.5. The number of ether oxygens (including phenoxy) is 1. The zero-order valence-corrected chi connectivity index (χ0v) is 14.3. The van der Waals surface area contributed by atoms with Gasteiger partial charge >= 0.3 is 12.1 Å². The third-order valence-corrected chi connectivity index (χ3v) is 3.87. The molecule has 0 heterocycles. The van der Waals surface area contributed by atoms with Gasteiger partial charge in [-0.1, -0.05) is 12.1 Å². The van der Waals surface area contributed by atoms with Crippen molar-refractivity contribution in [3.8, 4) is 0 Å². The Hall–Kier alpha value is -2.09. The van der Waals surface area contributed by atoms with Crippen LogP contribution >= 0.6 is 0 Å². The highest BCUT2D eigenvalue weighted by Gasteiger charge is 2.24. The summed E-state index contributed by atoms with van der Waals surface area (Å²) in [5.74, 6) is -1.24. The SMILES string of the molecule is CC(C)(C)OC(=O)N[C@@H](Cc1cccc(S(C)(=O)=O)c1)C(=O)O. The topological polar surface area (TPSA) is 110 Å². The first-order valence-electron chi connectivity index (χ1n) is 6.90. The minimum Gasteiger partial charge on any atom is -0.480 e. The van der Waals surface area contributed by atoms with Crippen LogP contribution in [0.4, 0.5) is 4.79 Å². The molecule has 0 aromatic heterocycles. The Morgan fingerprint density at radius 1 is 1.30 bits per heavy atom. The summed E-state index contributed by atoms with van der Waals surface area (Å²) in [5, 5.41) is 11.5. The van der Waals surface area contributed by atoms with Crippen molar-refractivity contribution < 1.29 is 27.9 Å². The van der Waals surface area contributed by atoms with Crippen molar-refractivity contribution in [2.45, 2.75) is 43.7 Å². The van der Waals surface area contributed by atoms with E-state index in [9.17, 15) is 23.1 Å². The molecule has 23 heavy (non-hydrogen) atoms. The normalized spacial score (nSPS) is 13.2. The quantitative estimate of drug-likeness (QED) is 0.840. The van der Waals surface area contributed by atoms with E-state index >= 15 is 0 Å². The fourth-order valence-corrected chi connectivity index (χ4v) is 2.48. The summed E-state index contributed by atoms with van der Waals surface area (Å²) in [5.41, 5.74) is -0.264. The van der Waals surface area contributed by atoms with E-state index in [2.05, 4.69) is 5.32 Å². The molecule has 0 fully saturated rings. The van der Waals surface area contributed by atoms with Crippen LogP contribution < -0.4 is 5.32 Å². The van der Waals surface area contributed by atoms with Crippen LogP contribution in [0.5, 0.6) is 0 Å². The summed E-state index contributed by atoms with van der Waals surface area (Å²) in [6.45, 7) is 4.99. The number of carbonyl (C=O) groups excluding carboxylic acids is 1. The third kappa shape index (κ3) is 6.68. The molecule has 0 bridgehead atoms. The first-order chi connectivity index (χ1) is 10.4. The molecule has 0 spiro atoms. The summed E-state index contributed by atoms with van der Waals surface area (Å²) in [4.78, 5) is 23.1. The number of hydrogen-bond donors (Lipinski definition) is 2. The fraction of sp³-hybridized carbons (Fsp3) is 0.467. The molecule has 0 aliphatic heterocycles. The van der Waals surface area contributed by atoms with Gasteiger partial charge in [-0.3, -0.25) is 0 Å². The van der Waals surface area contributed by atoms with Gasteiger partial charge in [-0.2, -0.15) is 0 Å². The minimum atomic E-state index is -3.39. The van der Waals surface area contributed by atoms with Crippen molar-refractivity contribution in [1.82, 2.24) is 5.32 Å². The number of hydrogen-bond acceptors (Lipinski definition) is 5. The Morgan fingerprint density at radius 3 is 2.39 bits per heavy atom. The molecule has 7 nitrogen and oxygen atoms in total. The number of alkyl carbamates (subject to hydrolysis) is 1. The molecule has 2 N–H and O–H groups in total. The van der Waals surface area contributed by atoms with Gasteiger partial charge in [0.2, 0.25) is 0 Å². The van der Waals surface area contributed by atoms with Crippen LogP contribution in [0.3, 0.4) is 0 Å². The van der Waals surface area contributed by atoms with Gasteiger partial charge in [0.15, 0.2) is 9.84 Å². The molecular formula is C15H21NO6S. The molecule has 1 atom stereocenters. The number of aliphatic carboxylic acids is 1. The lowest BCUT2D eigenvalue weighted by Gasteiger charge is -2.22. The van der Waals surface area contributed by atoms with E-state index in [1.54, 1.807) is 26.8 Å². The predicted octanol–water partition coefficient (Wildman–Crippen LogP) is 1.61. The van der Waals surface area contributed by atoms with Crippen molar-refractivity contribution >= 4 is 21.9 Å². The van der Waals surface area contributed by atoms with E-state index < -0.39 is 33.5 Å². The number of carboxylic acids is 1. The molecule has 0 radical (unpaired) electrons. The summed E-state index contributed by atoms with van der Waals surface area (Å²) >= 11 is 0. The van der Waals surface area contributed by atoms with E-state index in [0.717, 1.165) is 6.26 Å². The monoisotopic (exact) mass is 343 g/mol. The second-order valence-corrected chi connectivity index (χ2v) is 8.18. The Bertz CT molecular complexity index is 690. The van der Waals surface area contributed by atoms with Gasteiger partial charge in [0.05, 0.1) is 4.90 Å². The molecule has 0 saturated carbocycles. The highest BCUT2D eigenvalue weighted by Crippen LogP contribution is 2.13. The number of carbonyl (C=O) groups is 2. The number of rotatable bonds is 5. The molecule has 0 aliphatic carbocycles. The lowest BCUT2D eigenvalue weighted by Crippen LogP contribution is -2.44. The number of nitrogens with one attached hydrogen (secondary N) is 1. The van der Waals surface area contributed by atoms with E-state index in [0.29, 0.717) is 5.56 Å². The summed E-state index contributed by atoms with van der Waals surface area (Å²) in [7, 11) is -3.39. The van der Waals surface area contributed by atoms with Crippen molar-refractivity contribution in [2.75, 3.05) is 6.26 Å². The first kappa shape index (κ1) is 19.0. The molecule has 1 rings (SSSR count). The maximum Gasteiger partial charge on any atom is 0.408 e. The second kappa shape index (κ2) is 6.99. The third-order valence-electron chi connectivity index (χ3n) is 2.76. The average molecular weight is 343 g/mol. The predicted molar refractivity (Wildman–Crippen MR) is 84.0 cm³/mol. The summed E-state index contributed by atoms with van der Waals surface area (Å²) in [6, 6.07) is 4.72. The number of carboxylic acid groups (broad SMARTS) is 1. The molecule has 1 aromatic carbocycles. The molecule has 0 saturated heterocycles. The highest BCUT2D eigenvalue weighted by atomic mass is 32.2. The fourth-order valence-electron chi connectivity index (χ4n) is 1.79. The second-order valence-electron chi connectivity index (χ2n) is 6.16. The highest BCUT2D eigenvalue weighted by molar-refractivity contribution is 7.90. The van der Waals surface area contributed by atoms with Gasteiger partial charge in [0.25, 0.3) is 0 Å². The lowest BCUT2D eigenvalue weighted by molar-refractivity contribution is -0.139. The van der Waals surface area contributed by atoms with Crippen molar-refractivity contribution in [3.63, 3.8) is 0 Å². The number of amides is 1. The Morgan fingerprint density at radius 2 is 1.91 bits per heavy atom. The van der Waals surface area contributed by atoms with E-state index in [-0.39, 0.29) is 11.3 Å². The van der Waals surface area contributed by atoms with Crippen LogP contribution in [0.2, 0.25) is 0 Å². The van der Waals surface area contributed by atoms with Crippen LogP contribution in [0.15, 0.2) is 29.2 Å². The minimum absolute atomic E-state index is 0.0576. The summed E-state index contributed by atoms with van der Waals surface area (Å²) < 4.78 is 28.1. The largest absolute Gasteiger partial charge is 0.480 e. The van der Waals surface area contributed by atoms with Gasteiger partial charge in [-0.05, 0) is 38.5 Å². The number of sulfone groups is 1. The molecule has 0 aliphatic rings. The van der Waals surface area contributed by atoms with Gasteiger partial charge in [-0.25, -0.2) is 18.0 Å². The van der Waals surface area contributed by atoms with Crippen LogP contribution in [0, 0.1) is 0 Å². The zero-order chi connectivity index (χ0) is 17.8. The summed E-state index contributed by atoms with van der Waals surface area (Å²) in [6.07, 6.45) is 0.168. The van der Waals surface area contributed by atoms with Crippen molar-refractivity contribution in [2.24, 2.45) is 0 Å². The Labute approximate surface area is 135 Å². The smallest absolute Gasteiger partial charge is 0.408 e. The van der Waals surface area contributed by atoms with Gasteiger partial charge in [0, 0.05) is 12.7 Å². The van der Waals surface area contributed by atoms with Gasteiger partial charge in [-0.15, -0.1) is 0 Å². The van der Waals surface area contributed by atoms with Crippen molar-refractivity contribution in [1.29, 1.82) is 0 Å².